The van der Waals surface area contributed by atoms with E-state index in [2.05, 4.69) is 4.98 Å². The predicted molar refractivity (Wildman–Crippen MR) is 120 cm³/mol. The minimum Gasteiger partial charge on any atom is -0.465 e. The number of aromatic nitrogens is 2. The summed E-state index contributed by atoms with van der Waals surface area (Å²) < 4.78 is 5.30. The van der Waals surface area contributed by atoms with Gasteiger partial charge in [-0.15, -0.1) is 0 Å². The summed E-state index contributed by atoms with van der Waals surface area (Å²) in [6.45, 7) is 2.77. The fourth-order valence-corrected chi connectivity index (χ4v) is 4.35. The van der Waals surface area contributed by atoms with Crippen molar-refractivity contribution in [3.05, 3.63) is 59.4 Å². The summed E-state index contributed by atoms with van der Waals surface area (Å²) >= 11 is 6.53. The van der Waals surface area contributed by atoms with Gasteiger partial charge in [0.1, 0.15) is 5.52 Å². The van der Waals surface area contributed by atoms with E-state index >= 15 is 0 Å². The average molecular weight is 451 g/mol. The maximum Gasteiger partial charge on any atom is 0.407 e. The Hall–Kier alpha value is -3.65. The quantitative estimate of drug-likeness (QED) is 0.482. The maximum atomic E-state index is 13.2. The summed E-state index contributed by atoms with van der Waals surface area (Å²) in [5, 5.41) is 10.5. The van der Waals surface area contributed by atoms with Crippen molar-refractivity contribution in [1.29, 1.82) is 0 Å². The molecule has 9 heteroatoms. The second-order valence-electron chi connectivity index (χ2n) is 7.83. The number of pyridine rings is 1. The van der Waals surface area contributed by atoms with E-state index in [9.17, 15) is 14.7 Å². The van der Waals surface area contributed by atoms with Crippen LogP contribution >= 0.6 is 11.6 Å². The van der Waals surface area contributed by atoms with Crippen LogP contribution in [0.4, 0.5) is 4.79 Å². The first-order chi connectivity index (χ1) is 15.4. The van der Waals surface area contributed by atoms with E-state index in [1.807, 2.05) is 25.1 Å². The van der Waals surface area contributed by atoms with E-state index in [4.69, 9.17) is 21.0 Å². The minimum atomic E-state index is -0.968. The minimum absolute atomic E-state index is 0.156. The lowest BCUT2D eigenvalue weighted by Crippen LogP contribution is -2.55. The number of amides is 2. The van der Waals surface area contributed by atoms with Crippen molar-refractivity contribution < 1.29 is 19.1 Å². The van der Waals surface area contributed by atoms with Crippen molar-refractivity contribution in [2.45, 2.75) is 13.0 Å². The van der Waals surface area contributed by atoms with E-state index in [0.29, 0.717) is 33.9 Å². The molecule has 0 aliphatic carbocycles. The van der Waals surface area contributed by atoms with Crippen LogP contribution in [0.3, 0.4) is 0 Å². The smallest absolute Gasteiger partial charge is 0.407 e. The Morgan fingerprint density at radius 2 is 1.97 bits per heavy atom. The number of rotatable bonds is 2. The lowest BCUT2D eigenvalue weighted by molar-refractivity contribution is 0.0484. The van der Waals surface area contributed by atoms with Gasteiger partial charge in [0.05, 0.1) is 16.2 Å². The molecule has 8 nitrogen and oxygen atoms in total. The van der Waals surface area contributed by atoms with Crippen molar-refractivity contribution in [2.24, 2.45) is 0 Å². The summed E-state index contributed by atoms with van der Waals surface area (Å²) in [5.74, 6) is -0.156. The molecule has 2 amide bonds. The van der Waals surface area contributed by atoms with Crippen molar-refractivity contribution >= 4 is 45.6 Å². The van der Waals surface area contributed by atoms with Crippen LogP contribution in [-0.2, 0) is 0 Å². The molecule has 162 valence electrons. The van der Waals surface area contributed by atoms with Crippen LogP contribution in [0.25, 0.3) is 33.3 Å². The van der Waals surface area contributed by atoms with Gasteiger partial charge in [0, 0.05) is 42.2 Å². The zero-order valence-electron chi connectivity index (χ0n) is 17.2. The highest BCUT2D eigenvalue weighted by Crippen LogP contribution is 2.30. The fourth-order valence-electron chi connectivity index (χ4n) is 4.08. The highest BCUT2D eigenvalue weighted by Gasteiger charge is 2.30. The Kier molecular flexibility index (Phi) is 4.94. The number of benzene rings is 2. The second-order valence-corrected chi connectivity index (χ2v) is 8.24. The molecule has 1 saturated heterocycles. The zero-order valence-corrected chi connectivity index (χ0v) is 17.9. The summed E-state index contributed by atoms with van der Waals surface area (Å²) in [4.78, 5) is 36.3. The van der Waals surface area contributed by atoms with Crippen molar-refractivity contribution in [2.75, 3.05) is 19.6 Å². The van der Waals surface area contributed by atoms with Crippen molar-refractivity contribution in [3.8, 4) is 11.3 Å². The lowest BCUT2D eigenvalue weighted by Gasteiger charge is -2.38. The number of carboxylic acid groups (broad SMARTS) is 1. The van der Waals surface area contributed by atoms with Crippen LogP contribution in [-0.4, -0.2) is 62.6 Å². The molecular formula is C23H19ClN4O4. The first kappa shape index (κ1) is 20.3. The van der Waals surface area contributed by atoms with E-state index in [0.717, 1.165) is 16.5 Å². The SMILES string of the molecule is CC1CN(C(=O)O)CCN1C(=O)c1ccc2c(Cl)cc(-c3ccc4ocnc4c3)nc2c1. The first-order valence-electron chi connectivity index (χ1n) is 10.1. The number of fused-ring (bicyclic) bond motifs is 2. The van der Waals surface area contributed by atoms with Gasteiger partial charge in [0.15, 0.2) is 12.0 Å². The van der Waals surface area contributed by atoms with Crippen LogP contribution < -0.4 is 0 Å². The molecule has 1 aliphatic heterocycles. The van der Waals surface area contributed by atoms with Gasteiger partial charge >= 0.3 is 6.09 Å². The number of nitrogens with zero attached hydrogens (tertiary/aromatic N) is 4. The molecule has 0 saturated carbocycles. The Labute approximate surface area is 188 Å². The van der Waals surface area contributed by atoms with Gasteiger partial charge in [-0.2, -0.15) is 0 Å². The number of hydrogen-bond acceptors (Lipinski definition) is 5. The molecule has 1 N–H and O–H groups in total. The molecule has 0 radical (unpaired) electrons. The van der Waals surface area contributed by atoms with Gasteiger partial charge in [0.2, 0.25) is 0 Å². The Morgan fingerprint density at radius 3 is 2.75 bits per heavy atom. The highest BCUT2D eigenvalue weighted by molar-refractivity contribution is 6.35. The third-order valence-corrected chi connectivity index (χ3v) is 6.10. The molecule has 5 rings (SSSR count). The average Bonchev–Trinajstić information content (AvgIpc) is 3.26. The summed E-state index contributed by atoms with van der Waals surface area (Å²) in [6, 6.07) is 12.4. The van der Waals surface area contributed by atoms with Gasteiger partial charge in [-0.25, -0.2) is 14.8 Å². The summed E-state index contributed by atoms with van der Waals surface area (Å²) in [6.07, 6.45) is 0.426. The Balaban J connectivity index is 1.49. The second kappa shape index (κ2) is 7.80. The van der Waals surface area contributed by atoms with E-state index < -0.39 is 6.09 Å². The monoisotopic (exact) mass is 450 g/mol. The highest BCUT2D eigenvalue weighted by atomic mass is 35.5. The van der Waals surface area contributed by atoms with Gasteiger partial charge in [-0.3, -0.25) is 4.79 Å². The third-order valence-electron chi connectivity index (χ3n) is 5.79. The molecule has 3 heterocycles. The number of carbonyl (C=O) groups is 2. The van der Waals surface area contributed by atoms with E-state index in [-0.39, 0.29) is 25.0 Å². The molecule has 1 aliphatic rings. The predicted octanol–water partition coefficient (Wildman–Crippen LogP) is 4.52. The van der Waals surface area contributed by atoms with E-state index in [1.54, 1.807) is 29.2 Å². The Morgan fingerprint density at radius 1 is 1.12 bits per heavy atom. The number of hydrogen-bond donors (Lipinski definition) is 1. The molecule has 1 atom stereocenters. The van der Waals surface area contributed by atoms with Crippen molar-refractivity contribution in [3.63, 3.8) is 0 Å². The summed E-state index contributed by atoms with van der Waals surface area (Å²) in [5.41, 5.74) is 4.01. The van der Waals surface area contributed by atoms with Crippen molar-refractivity contribution in [1.82, 2.24) is 19.8 Å². The Bertz CT molecular complexity index is 1370. The molecule has 0 spiro atoms. The van der Waals surface area contributed by atoms with Crippen LogP contribution in [0.5, 0.6) is 0 Å². The van der Waals surface area contributed by atoms with Gasteiger partial charge in [0.25, 0.3) is 5.91 Å². The zero-order chi connectivity index (χ0) is 22.4. The first-order valence-corrected chi connectivity index (χ1v) is 10.5. The largest absolute Gasteiger partial charge is 0.465 e. The van der Waals surface area contributed by atoms with E-state index in [1.165, 1.54) is 11.3 Å². The maximum absolute atomic E-state index is 13.2. The molecule has 32 heavy (non-hydrogen) atoms. The van der Waals surface area contributed by atoms with Gasteiger partial charge < -0.3 is 19.3 Å². The van der Waals surface area contributed by atoms with Gasteiger partial charge in [-0.1, -0.05) is 17.7 Å². The number of carbonyl (C=O) groups excluding carboxylic acids is 1. The lowest BCUT2D eigenvalue weighted by atomic mass is 10.1. The molecule has 4 aromatic rings. The third kappa shape index (κ3) is 3.52. The normalized spacial score (nSPS) is 16.6. The van der Waals surface area contributed by atoms with Crippen LogP contribution in [0.1, 0.15) is 17.3 Å². The molecule has 0 bridgehead atoms. The number of oxazole rings is 1. The standard InChI is InChI=1S/C23H19ClN4O4/c1-13-11-27(23(30)31)6-7-28(13)22(29)15-2-4-16-17(24)10-18(26-19(16)9-15)14-3-5-21-20(8-14)25-12-32-21/h2-5,8-10,12-13H,6-7,11H2,1H3,(H,30,31). The molecule has 2 aromatic heterocycles. The molecule has 1 fully saturated rings. The molecule has 2 aromatic carbocycles. The number of halogens is 1. The molecule has 1 unspecified atom stereocenters. The number of piperazine rings is 1. The van der Waals surface area contributed by atoms with Crippen LogP contribution in [0, 0.1) is 0 Å². The van der Waals surface area contributed by atoms with Crippen LogP contribution in [0.2, 0.25) is 5.02 Å². The topological polar surface area (TPSA) is 99.8 Å². The van der Waals surface area contributed by atoms with Crippen LogP contribution in [0.15, 0.2) is 53.3 Å². The van der Waals surface area contributed by atoms with Gasteiger partial charge in [-0.05, 0) is 43.3 Å². The molecular weight excluding hydrogens is 432 g/mol. The fraction of sp³-hybridized carbons (Fsp3) is 0.217. The summed E-state index contributed by atoms with van der Waals surface area (Å²) in [7, 11) is 0.